The minimum atomic E-state index is -0.270. The molecule has 1 heterocycles. The van der Waals surface area contributed by atoms with E-state index in [0.717, 1.165) is 47.6 Å². The minimum Gasteiger partial charge on any atom is -0.493 e. The normalized spacial score (nSPS) is 14.0. The molecule has 166 valence electrons. The molecule has 0 aromatic heterocycles. The van der Waals surface area contributed by atoms with Crippen molar-refractivity contribution in [2.24, 2.45) is 4.99 Å². The maximum atomic E-state index is 13.1. The number of anilines is 1. The topological polar surface area (TPSA) is 43.3 Å². The van der Waals surface area contributed by atoms with Crippen molar-refractivity contribution in [2.75, 3.05) is 38.3 Å². The van der Waals surface area contributed by atoms with Gasteiger partial charge in [0.25, 0.3) is 0 Å². The van der Waals surface area contributed by atoms with E-state index in [-0.39, 0.29) is 5.82 Å². The lowest BCUT2D eigenvalue weighted by Crippen LogP contribution is -2.36. The van der Waals surface area contributed by atoms with Crippen LogP contribution >= 0.6 is 15.9 Å². The second-order valence-electron chi connectivity index (χ2n) is 7.31. The maximum Gasteiger partial charge on any atom is 0.162 e. The van der Waals surface area contributed by atoms with Gasteiger partial charge >= 0.3 is 0 Å². The molecule has 0 saturated carbocycles. The smallest absolute Gasteiger partial charge is 0.162 e. The summed E-state index contributed by atoms with van der Waals surface area (Å²) >= 11 is 3.59. The predicted molar refractivity (Wildman–Crippen MR) is 128 cm³/mol. The Hall–Kier alpha value is -2.90. The Morgan fingerprint density at radius 2 is 1.75 bits per heavy atom. The number of benzene rings is 3. The van der Waals surface area contributed by atoms with E-state index in [2.05, 4.69) is 38.0 Å². The molecule has 0 bridgehead atoms. The van der Waals surface area contributed by atoms with Gasteiger partial charge in [0.05, 0.1) is 26.0 Å². The van der Waals surface area contributed by atoms with E-state index in [0.29, 0.717) is 18.1 Å². The van der Waals surface area contributed by atoms with Gasteiger partial charge < -0.3 is 19.1 Å². The van der Waals surface area contributed by atoms with Crippen LogP contribution in [0.2, 0.25) is 0 Å². The van der Waals surface area contributed by atoms with Gasteiger partial charge in [-0.15, -0.1) is 0 Å². The van der Waals surface area contributed by atoms with Gasteiger partial charge in [-0.2, -0.15) is 0 Å². The number of morpholine rings is 1. The van der Waals surface area contributed by atoms with Crippen LogP contribution in [0, 0.1) is 5.82 Å². The Morgan fingerprint density at radius 1 is 1.03 bits per heavy atom. The highest BCUT2D eigenvalue weighted by Gasteiger charge is 2.12. The number of halogens is 2. The van der Waals surface area contributed by atoms with E-state index in [1.54, 1.807) is 25.5 Å². The van der Waals surface area contributed by atoms with Crippen LogP contribution in [-0.4, -0.2) is 39.6 Å². The fraction of sp³-hybridized carbons (Fsp3) is 0.240. The van der Waals surface area contributed by atoms with Crippen molar-refractivity contribution in [3.8, 4) is 11.5 Å². The standard InChI is InChI=1S/C25H24BrFN2O3/c1-30-24-14-19(23(26)15-25(24)32-17-18-2-4-20(27)5-3-18)16-28-21-6-8-22(9-7-21)29-10-12-31-13-11-29/h2-9,14-16H,10-13,17H2,1H3. The molecule has 1 fully saturated rings. The molecule has 1 aliphatic heterocycles. The van der Waals surface area contributed by atoms with Crippen LogP contribution in [0.1, 0.15) is 11.1 Å². The highest BCUT2D eigenvalue weighted by molar-refractivity contribution is 9.10. The van der Waals surface area contributed by atoms with Crippen LogP contribution in [0.5, 0.6) is 11.5 Å². The van der Waals surface area contributed by atoms with Gasteiger partial charge in [-0.3, -0.25) is 4.99 Å². The molecule has 3 aromatic carbocycles. The Morgan fingerprint density at radius 3 is 2.44 bits per heavy atom. The van der Waals surface area contributed by atoms with E-state index < -0.39 is 0 Å². The molecule has 0 aliphatic carbocycles. The van der Waals surface area contributed by atoms with Crippen molar-refractivity contribution in [2.45, 2.75) is 6.61 Å². The maximum absolute atomic E-state index is 13.1. The molecule has 5 nitrogen and oxygen atoms in total. The SMILES string of the molecule is COc1cc(C=Nc2ccc(N3CCOCC3)cc2)c(Br)cc1OCc1ccc(F)cc1. The van der Waals surface area contributed by atoms with Crippen molar-refractivity contribution >= 4 is 33.5 Å². The second-order valence-corrected chi connectivity index (χ2v) is 8.17. The molecule has 0 atom stereocenters. The first kappa shape index (κ1) is 22.3. The van der Waals surface area contributed by atoms with Crippen LogP contribution in [0.15, 0.2) is 70.1 Å². The lowest BCUT2D eigenvalue weighted by Gasteiger charge is -2.28. The third kappa shape index (κ3) is 5.66. The monoisotopic (exact) mass is 498 g/mol. The Bertz CT molecular complexity index is 1070. The average Bonchev–Trinajstić information content (AvgIpc) is 2.84. The van der Waals surface area contributed by atoms with Gasteiger partial charge in [0, 0.05) is 35.0 Å². The molecule has 0 radical (unpaired) electrons. The lowest BCUT2D eigenvalue weighted by molar-refractivity contribution is 0.122. The molecule has 7 heteroatoms. The molecular formula is C25H24BrFN2O3. The van der Waals surface area contributed by atoms with Crippen molar-refractivity contribution in [3.63, 3.8) is 0 Å². The number of rotatable bonds is 7. The molecule has 4 rings (SSSR count). The van der Waals surface area contributed by atoms with E-state index >= 15 is 0 Å². The number of hydrogen-bond acceptors (Lipinski definition) is 5. The summed E-state index contributed by atoms with van der Waals surface area (Å²) in [4.78, 5) is 6.91. The minimum absolute atomic E-state index is 0.270. The zero-order chi connectivity index (χ0) is 22.3. The first-order valence-corrected chi connectivity index (χ1v) is 11.1. The van der Waals surface area contributed by atoms with E-state index in [9.17, 15) is 4.39 Å². The molecule has 0 N–H and O–H groups in total. The summed E-state index contributed by atoms with van der Waals surface area (Å²) in [6.07, 6.45) is 1.79. The van der Waals surface area contributed by atoms with E-state index in [4.69, 9.17) is 14.2 Å². The van der Waals surface area contributed by atoms with E-state index in [1.165, 1.54) is 17.8 Å². The van der Waals surface area contributed by atoms with E-state index in [1.807, 2.05) is 24.3 Å². The summed E-state index contributed by atoms with van der Waals surface area (Å²) in [5, 5.41) is 0. The molecule has 3 aromatic rings. The Kier molecular flexibility index (Phi) is 7.39. The third-order valence-electron chi connectivity index (χ3n) is 5.17. The first-order valence-electron chi connectivity index (χ1n) is 10.3. The number of ether oxygens (including phenoxy) is 3. The highest BCUT2D eigenvalue weighted by atomic mass is 79.9. The van der Waals surface area contributed by atoms with Crippen molar-refractivity contribution in [3.05, 3.63) is 82.1 Å². The number of methoxy groups -OCH3 is 1. The molecule has 0 spiro atoms. The lowest BCUT2D eigenvalue weighted by atomic mass is 10.2. The summed E-state index contributed by atoms with van der Waals surface area (Å²) < 4.78 is 30.7. The highest BCUT2D eigenvalue weighted by Crippen LogP contribution is 2.34. The average molecular weight is 499 g/mol. The zero-order valence-corrected chi connectivity index (χ0v) is 19.3. The Labute approximate surface area is 195 Å². The zero-order valence-electron chi connectivity index (χ0n) is 17.8. The molecule has 1 saturated heterocycles. The van der Waals surface area contributed by atoms with Gasteiger partial charge in [-0.05, 0) is 70.0 Å². The summed E-state index contributed by atoms with van der Waals surface area (Å²) in [7, 11) is 1.60. The first-order chi connectivity index (χ1) is 15.6. The second kappa shape index (κ2) is 10.6. The quantitative estimate of drug-likeness (QED) is 0.388. The van der Waals surface area contributed by atoms with Crippen LogP contribution in [-0.2, 0) is 11.3 Å². The third-order valence-corrected chi connectivity index (χ3v) is 5.86. The Balaban J connectivity index is 1.45. The van der Waals surface area contributed by atoms with Gasteiger partial charge in [0.2, 0.25) is 0 Å². The van der Waals surface area contributed by atoms with Gasteiger partial charge in [0.15, 0.2) is 11.5 Å². The predicted octanol–water partition coefficient (Wildman–Crippen LogP) is 5.76. The summed E-state index contributed by atoms with van der Waals surface area (Å²) in [6.45, 7) is 3.65. The van der Waals surface area contributed by atoms with Crippen LogP contribution < -0.4 is 14.4 Å². The van der Waals surface area contributed by atoms with Crippen molar-refractivity contribution < 1.29 is 18.6 Å². The number of hydrogen-bond donors (Lipinski definition) is 0. The van der Waals surface area contributed by atoms with Crippen LogP contribution in [0.3, 0.4) is 0 Å². The summed E-state index contributed by atoms with van der Waals surface area (Å²) in [6, 6.07) is 18.1. The fourth-order valence-electron chi connectivity index (χ4n) is 3.38. The van der Waals surface area contributed by atoms with Crippen LogP contribution in [0.25, 0.3) is 0 Å². The van der Waals surface area contributed by atoms with Crippen LogP contribution in [0.4, 0.5) is 15.8 Å². The van der Waals surface area contributed by atoms with Gasteiger partial charge in [-0.1, -0.05) is 12.1 Å². The van der Waals surface area contributed by atoms with Gasteiger partial charge in [-0.25, -0.2) is 4.39 Å². The molecule has 0 amide bonds. The molecular weight excluding hydrogens is 475 g/mol. The number of nitrogens with zero attached hydrogens (tertiary/aromatic N) is 2. The summed E-state index contributed by atoms with van der Waals surface area (Å²) in [5.41, 5.74) is 3.78. The fourth-order valence-corrected chi connectivity index (χ4v) is 3.80. The molecule has 1 aliphatic rings. The van der Waals surface area contributed by atoms with Crippen molar-refractivity contribution in [1.29, 1.82) is 0 Å². The molecule has 32 heavy (non-hydrogen) atoms. The largest absolute Gasteiger partial charge is 0.493 e. The van der Waals surface area contributed by atoms with Gasteiger partial charge in [0.1, 0.15) is 12.4 Å². The summed E-state index contributed by atoms with van der Waals surface area (Å²) in [5.74, 6) is 0.920. The number of aliphatic imine (C=N–C) groups is 1. The molecule has 0 unspecified atom stereocenters. The van der Waals surface area contributed by atoms with Crippen molar-refractivity contribution in [1.82, 2.24) is 0 Å².